The summed E-state index contributed by atoms with van der Waals surface area (Å²) in [6.07, 6.45) is 0. The molecule has 0 radical (unpaired) electrons. The normalized spacial score (nSPS) is 12.3. The van der Waals surface area contributed by atoms with Gasteiger partial charge in [0.05, 0.1) is 19.4 Å². The molecule has 0 fully saturated rings. The average Bonchev–Trinajstić information content (AvgIpc) is 3.69. The lowest BCUT2D eigenvalue weighted by molar-refractivity contribution is 0.487. The van der Waals surface area contributed by atoms with E-state index in [1.54, 1.807) is 0 Å². The van der Waals surface area contributed by atoms with Crippen LogP contribution in [0.15, 0.2) is 192 Å². The van der Waals surface area contributed by atoms with Gasteiger partial charge in [-0.1, -0.05) is 134 Å². The number of furan rings is 1. The number of hydrogen-bond acceptors (Lipinski definition) is 4. The Bertz CT molecular complexity index is 3650. The first-order valence-electron chi connectivity index (χ1n) is 22.2. The Morgan fingerprint density at radius 3 is 1.80 bits per heavy atom. The van der Waals surface area contributed by atoms with Crippen molar-refractivity contribution in [3.05, 3.63) is 199 Å². The zero-order chi connectivity index (χ0) is 43.3. The summed E-state index contributed by atoms with van der Waals surface area (Å²) in [6.45, 7) is 11.6. The fraction of sp³-hybridized carbons (Fsp3) is 0.0847. The zero-order valence-electron chi connectivity index (χ0n) is 36.6. The Morgan fingerprint density at radius 1 is 0.391 bits per heavy atom. The molecule has 308 valence electrons. The van der Waals surface area contributed by atoms with Crippen LogP contribution in [0.1, 0.15) is 11.1 Å². The van der Waals surface area contributed by atoms with Crippen molar-refractivity contribution in [2.75, 3.05) is 9.80 Å². The Kier molecular flexibility index (Phi) is 8.62. The second kappa shape index (κ2) is 14.5. The first-order valence-corrected chi connectivity index (χ1v) is 25.7. The van der Waals surface area contributed by atoms with Gasteiger partial charge < -0.3 is 19.0 Å². The van der Waals surface area contributed by atoms with E-state index in [2.05, 4.69) is 225 Å². The van der Waals surface area contributed by atoms with E-state index in [1.807, 2.05) is 6.07 Å². The largest absolute Gasteiger partial charge is 0.456 e. The third kappa shape index (κ3) is 6.10. The van der Waals surface area contributed by atoms with Crippen molar-refractivity contribution in [3.8, 4) is 22.6 Å². The third-order valence-corrected chi connectivity index (χ3v) is 15.1. The summed E-state index contributed by atoms with van der Waals surface area (Å²) in [6, 6.07) is 68.3. The van der Waals surface area contributed by atoms with Crippen molar-refractivity contribution in [1.29, 1.82) is 0 Å². The first kappa shape index (κ1) is 38.1. The molecule has 1 aliphatic heterocycles. The average molecular weight is 843 g/mol. The van der Waals surface area contributed by atoms with Crippen LogP contribution in [0.4, 0.5) is 34.1 Å². The van der Waals surface area contributed by atoms with E-state index in [9.17, 15) is 0 Å². The van der Waals surface area contributed by atoms with Crippen molar-refractivity contribution in [2.45, 2.75) is 33.5 Å². The molecule has 1 aliphatic rings. The molecule has 0 N–H and O–H groups in total. The molecular formula is C59H46N2O2Si. The smallest absolute Gasteiger partial charge is 0.159 e. The predicted octanol–water partition coefficient (Wildman–Crippen LogP) is 16.9. The topological polar surface area (TPSA) is 28.9 Å². The molecule has 12 rings (SSSR count). The number of hydrogen-bond donors (Lipinski definition) is 0. The molecule has 0 saturated carbocycles. The number of fused-ring (bicyclic) bond motifs is 9. The fourth-order valence-electron chi connectivity index (χ4n) is 9.96. The molecule has 0 amide bonds. The lowest BCUT2D eigenvalue weighted by Crippen LogP contribution is -2.37. The van der Waals surface area contributed by atoms with Crippen LogP contribution in [0.2, 0.25) is 19.6 Å². The first-order chi connectivity index (χ1) is 31.2. The maximum Gasteiger partial charge on any atom is 0.159 e. The third-order valence-electron chi connectivity index (χ3n) is 13.0. The monoisotopic (exact) mass is 842 g/mol. The van der Waals surface area contributed by atoms with Gasteiger partial charge in [0.1, 0.15) is 17.1 Å². The van der Waals surface area contributed by atoms with Crippen molar-refractivity contribution >= 4 is 102 Å². The maximum atomic E-state index is 7.06. The molecule has 1 aromatic heterocycles. The zero-order valence-corrected chi connectivity index (χ0v) is 37.6. The number of nitrogens with zero attached hydrogens (tertiary/aromatic N) is 2. The van der Waals surface area contributed by atoms with Crippen LogP contribution in [-0.2, 0) is 0 Å². The highest BCUT2D eigenvalue weighted by molar-refractivity contribution is 6.88. The highest BCUT2D eigenvalue weighted by Gasteiger charge is 2.28. The minimum absolute atomic E-state index is 0.849. The fourth-order valence-corrected chi connectivity index (χ4v) is 11.1. The summed E-state index contributed by atoms with van der Waals surface area (Å²) in [5.41, 5.74) is 12.8. The maximum absolute atomic E-state index is 7.06. The van der Waals surface area contributed by atoms with E-state index in [0.717, 1.165) is 89.5 Å². The highest BCUT2D eigenvalue weighted by Crippen LogP contribution is 2.53. The quantitative estimate of drug-likeness (QED) is 0.118. The number of anilines is 6. The summed E-state index contributed by atoms with van der Waals surface area (Å²) in [4.78, 5) is 4.72. The van der Waals surface area contributed by atoms with Crippen LogP contribution in [0.5, 0.6) is 11.5 Å². The Morgan fingerprint density at radius 2 is 1.03 bits per heavy atom. The predicted molar refractivity (Wildman–Crippen MR) is 274 cm³/mol. The SMILES string of the molecule is Cc1ccc2c(N(c3ccccc3)c3cccc4c3oc3ccccc34)cc3c4cc(C)cc5c4c(cc3c2c1)-c1ccc(N(c2ccccc2)c2ccc([Si](C)(C)C)cc2)cc1O5. The van der Waals surface area contributed by atoms with Gasteiger partial charge in [-0.15, -0.1) is 0 Å². The van der Waals surface area contributed by atoms with E-state index in [1.165, 1.54) is 37.9 Å². The van der Waals surface area contributed by atoms with Crippen molar-refractivity contribution in [3.63, 3.8) is 0 Å². The standard InChI is InChI=1S/C59H46N2O2Si/c1-37-23-29-44-48(31-37)49-35-52-46-30-26-42(60(39-15-8-6-9-16-39)41-24-27-43(28-25-41)64(3,4)5)34-56(46)62-57-33-38(2)32-51(58(52)57)50(49)36-54(44)61(40-17-10-7-11-18-40)53-21-14-20-47-45-19-12-13-22-55(45)63-59(47)53/h6-36H,1-5H3. The molecule has 0 atom stereocenters. The summed E-state index contributed by atoms with van der Waals surface area (Å²) in [5.74, 6) is 1.72. The minimum atomic E-state index is -1.47. The molecule has 11 aromatic rings. The Hall–Kier alpha value is -7.60. The molecule has 0 bridgehead atoms. The summed E-state index contributed by atoms with van der Waals surface area (Å²) < 4.78 is 13.8. The van der Waals surface area contributed by atoms with Crippen LogP contribution in [0.25, 0.3) is 65.4 Å². The van der Waals surface area contributed by atoms with Crippen molar-refractivity contribution < 1.29 is 9.15 Å². The van der Waals surface area contributed by atoms with Gasteiger partial charge in [-0.25, -0.2) is 0 Å². The van der Waals surface area contributed by atoms with E-state index >= 15 is 0 Å². The summed E-state index contributed by atoms with van der Waals surface area (Å²) in [7, 11) is -1.47. The molecule has 4 nitrogen and oxygen atoms in total. The van der Waals surface area contributed by atoms with Gasteiger partial charge >= 0.3 is 0 Å². The molecule has 10 aromatic carbocycles. The molecule has 0 saturated heterocycles. The summed E-state index contributed by atoms with van der Waals surface area (Å²) >= 11 is 0. The van der Waals surface area contributed by atoms with Crippen LogP contribution >= 0.6 is 0 Å². The van der Waals surface area contributed by atoms with Crippen molar-refractivity contribution in [1.82, 2.24) is 0 Å². The number of rotatable bonds is 7. The number of aryl methyl sites for hydroxylation is 2. The molecule has 0 spiro atoms. The van der Waals surface area contributed by atoms with Gasteiger partial charge in [-0.05, 0) is 125 Å². The number of ether oxygens (including phenoxy) is 1. The Labute approximate surface area is 374 Å². The van der Waals surface area contributed by atoms with Crippen molar-refractivity contribution in [2.24, 2.45) is 0 Å². The lowest BCUT2D eigenvalue weighted by Gasteiger charge is -2.30. The highest BCUT2D eigenvalue weighted by atomic mass is 28.3. The molecule has 2 heterocycles. The van der Waals surface area contributed by atoms with E-state index < -0.39 is 8.07 Å². The van der Waals surface area contributed by atoms with E-state index in [4.69, 9.17) is 9.15 Å². The lowest BCUT2D eigenvalue weighted by atomic mass is 9.87. The minimum Gasteiger partial charge on any atom is -0.456 e. The summed E-state index contributed by atoms with van der Waals surface area (Å²) in [5, 5.41) is 10.7. The number of para-hydroxylation sites is 4. The van der Waals surface area contributed by atoms with Crippen LogP contribution in [0, 0.1) is 13.8 Å². The van der Waals surface area contributed by atoms with Gasteiger partial charge in [0.15, 0.2) is 5.58 Å². The van der Waals surface area contributed by atoms with Crippen LogP contribution in [0.3, 0.4) is 0 Å². The van der Waals surface area contributed by atoms with Gasteiger partial charge in [0.2, 0.25) is 0 Å². The second-order valence-corrected chi connectivity index (χ2v) is 23.4. The van der Waals surface area contributed by atoms with Crippen LogP contribution in [-0.4, -0.2) is 8.07 Å². The molecular weight excluding hydrogens is 797 g/mol. The molecule has 64 heavy (non-hydrogen) atoms. The van der Waals surface area contributed by atoms with Gasteiger partial charge in [-0.2, -0.15) is 0 Å². The van der Waals surface area contributed by atoms with Gasteiger partial charge in [-0.3, -0.25) is 0 Å². The molecule has 5 heteroatoms. The van der Waals surface area contributed by atoms with Gasteiger partial charge in [0.25, 0.3) is 0 Å². The van der Waals surface area contributed by atoms with E-state index in [-0.39, 0.29) is 0 Å². The Balaban J connectivity index is 1.09. The molecule has 0 unspecified atom stereocenters. The van der Waals surface area contributed by atoms with Gasteiger partial charge in [0, 0.05) is 55.9 Å². The number of benzene rings is 10. The second-order valence-electron chi connectivity index (χ2n) is 18.3. The van der Waals surface area contributed by atoms with Crippen LogP contribution < -0.4 is 19.7 Å². The van der Waals surface area contributed by atoms with E-state index in [0.29, 0.717) is 0 Å². The molecule has 0 aliphatic carbocycles.